The van der Waals surface area contributed by atoms with Crippen LogP contribution in [0.4, 0.5) is 0 Å². The molecule has 2 heterocycles. The first kappa shape index (κ1) is 13.4. The smallest absolute Gasteiger partial charge is 0.152 e. The van der Waals surface area contributed by atoms with Gasteiger partial charge in [-0.3, -0.25) is 0 Å². The molecule has 0 radical (unpaired) electrons. The second-order valence-electron chi connectivity index (χ2n) is 4.42. The molecular formula is C10H18N4O3S. The zero-order valence-electron chi connectivity index (χ0n) is 10.4. The molecule has 8 heteroatoms. The van der Waals surface area contributed by atoms with Gasteiger partial charge in [0, 0.05) is 20.2 Å². The van der Waals surface area contributed by atoms with Gasteiger partial charge in [-0.15, -0.1) is 5.10 Å². The van der Waals surface area contributed by atoms with Crippen LogP contribution in [0.3, 0.4) is 0 Å². The molecule has 0 spiro atoms. The van der Waals surface area contributed by atoms with E-state index in [1.807, 2.05) is 6.20 Å². The van der Waals surface area contributed by atoms with E-state index in [1.165, 1.54) is 0 Å². The van der Waals surface area contributed by atoms with Gasteiger partial charge in [0.1, 0.15) is 0 Å². The highest BCUT2D eigenvalue weighted by molar-refractivity contribution is 7.91. The molecule has 1 aliphatic heterocycles. The topological polar surface area (TPSA) is 86.1 Å². The first-order valence-electron chi connectivity index (χ1n) is 5.91. The minimum atomic E-state index is -2.88. The lowest BCUT2D eigenvalue weighted by Crippen LogP contribution is -2.18. The normalized spacial score (nSPS) is 22.4. The number of methoxy groups -OCH3 is 1. The summed E-state index contributed by atoms with van der Waals surface area (Å²) >= 11 is 0. The molecule has 1 fully saturated rings. The van der Waals surface area contributed by atoms with E-state index in [0.29, 0.717) is 19.6 Å². The molecule has 1 unspecified atom stereocenters. The van der Waals surface area contributed by atoms with Gasteiger partial charge in [-0.1, -0.05) is 5.21 Å². The zero-order valence-corrected chi connectivity index (χ0v) is 11.2. The van der Waals surface area contributed by atoms with Crippen molar-refractivity contribution in [2.24, 2.45) is 0 Å². The summed E-state index contributed by atoms with van der Waals surface area (Å²) in [6.07, 6.45) is 2.44. The van der Waals surface area contributed by atoms with Gasteiger partial charge in [0.15, 0.2) is 9.84 Å². The van der Waals surface area contributed by atoms with Crippen LogP contribution in [0.1, 0.15) is 18.2 Å². The summed E-state index contributed by atoms with van der Waals surface area (Å²) in [7, 11) is -1.23. The van der Waals surface area contributed by atoms with Crippen molar-refractivity contribution in [2.45, 2.75) is 19.0 Å². The summed E-state index contributed by atoms with van der Waals surface area (Å²) < 4.78 is 29.3. The predicted octanol–water partition coefficient (Wildman–Crippen LogP) is -0.626. The molecule has 0 saturated carbocycles. The Morgan fingerprint density at radius 1 is 1.61 bits per heavy atom. The van der Waals surface area contributed by atoms with Crippen LogP contribution in [-0.4, -0.2) is 55.2 Å². The summed E-state index contributed by atoms with van der Waals surface area (Å²) in [5.74, 6) is 0.422. The summed E-state index contributed by atoms with van der Waals surface area (Å²) in [5.41, 5.74) is 0.815. The largest absolute Gasteiger partial charge is 0.383 e. The Balaban J connectivity index is 1.86. The Morgan fingerprint density at radius 2 is 2.44 bits per heavy atom. The second kappa shape index (κ2) is 5.77. The van der Waals surface area contributed by atoms with Crippen molar-refractivity contribution in [3.05, 3.63) is 11.9 Å². The number of aromatic nitrogens is 3. The fourth-order valence-corrected chi connectivity index (χ4v) is 3.65. The van der Waals surface area contributed by atoms with Gasteiger partial charge in [0.2, 0.25) is 0 Å². The minimum Gasteiger partial charge on any atom is -0.383 e. The van der Waals surface area contributed by atoms with Crippen LogP contribution in [0.15, 0.2) is 6.20 Å². The van der Waals surface area contributed by atoms with E-state index in [4.69, 9.17) is 4.74 Å². The van der Waals surface area contributed by atoms with Gasteiger partial charge >= 0.3 is 0 Å². The lowest BCUT2D eigenvalue weighted by molar-refractivity contribution is 0.199. The standard InChI is InChI=1S/C10H18N4O3S/c1-17-4-3-11-6-9-7-14(13-12-9)10-2-5-18(15,16)8-10/h7,10-11H,2-6,8H2,1H3. The Bertz CT molecular complexity index is 485. The van der Waals surface area contributed by atoms with Gasteiger partial charge in [0.25, 0.3) is 0 Å². The highest BCUT2D eigenvalue weighted by Crippen LogP contribution is 2.22. The van der Waals surface area contributed by atoms with Gasteiger partial charge < -0.3 is 10.1 Å². The Hall–Kier alpha value is -0.990. The lowest BCUT2D eigenvalue weighted by atomic mass is 10.3. The molecule has 0 amide bonds. The molecule has 1 atom stereocenters. The number of nitrogens with zero attached hydrogens (tertiary/aromatic N) is 3. The molecular weight excluding hydrogens is 256 g/mol. The number of nitrogens with one attached hydrogen (secondary N) is 1. The average Bonchev–Trinajstić information content (AvgIpc) is 2.91. The first-order chi connectivity index (χ1) is 8.61. The molecule has 2 rings (SSSR count). The maximum Gasteiger partial charge on any atom is 0.152 e. The molecule has 1 saturated heterocycles. The van der Waals surface area contributed by atoms with Crippen molar-refractivity contribution in [3.8, 4) is 0 Å². The van der Waals surface area contributed by atoms with E-state index >= 15 is 0 Å². The summed E-state index contributed by atoms with van der Waals surface area (Å²) in [4.78, 5) is 0. The molecule has 1 N–H and O–H groups in total. The second-order valence-corrected chi connectivity index (χ2v) is 6.65. The maximum absolute atomic E-state index is 11.4. The van der Waals surface area contributed by atoms with Gasteiger partial charge in [-0.2, -0.15) is 0 Å². The zero-order chi connectivity index (χ0) is 13.0. The molecule has 7 nitrogen and oxygen atoms in total. The molecule has 1 aliphatic rings. The molecule has 1 aromatic rings. The first-order valence-corrected chi connectivity index (χ1v) is 7.73. The van der Waals surface area contributed by atoms with Crippen LogP contribution in [0.2, 0.25) is 0 Å². The molecule has 0 aromatic carbocycles. The van der Waals surface area contributed by atoms with Crippen LogP contribution in [0, 0.1) is 0 Å². The highest BCUT2D eigenvalue weighted by atomic mass is 32.2. The van der Waals surface area contributed by atoms with Crippen molar-refractivity contribution in [1.29, 1.82) is 0 Å². The third-order valence-corrected chi connectivity index (χ3v) is 4.68. The maximum atomic E-state index is 11.4. The van der Waals surface area contributed by atoms with Crippen LogP contribution in [0.25, 0.3) is 0 Å². The van der Waals surface area contributed by atoms with E-state index in [9.17, 15) is 8.42 Å². The van der Waals surface area contributed by atoms with Crippen molar-refractivity contribution < 1.29 is 13.2 Å². The third kappa shape index (κ3) is 3.50. The van der Waals surface area contributed by atoms with Gasteiger partial charge in [-0.25, -0.2) is 13.1 Å². The molecule has 102 valence electrons. The van der Waals surface area contributed by atoms with E-state index in [2.05, 4.69) is 15.6 Å². The van der Waals surface area contributed by atoms with Crippen LogP contribution < -0.4 is 5.32 Å². The lowest BCUT2D eigenvalue weighted by Gasteiger charge is -2.05. The van der Waals surface area contributed by atoms with Crippen molar-refractivity contribution >= 4 is 9.84 Å². The Kier molecular flexibility index (Phi) is 4.31. The highest BCUT2D eigenvalue weighted by Gasteiger charge is 2.29. The quantitative estimate of drug-likeness (QED) is 0.695. The summed E-state index contributed by atoms with van der Waals surface area (Å²) in [5, 5.41) is 11.2. The van der Waals surface area contributed by atoms with E-state index < -0.39 is 9.84 Å². The number of sulfone groups is 1. The Labute approximate surface area is 106 Å². The molecule has 18 heavy (non-hydrogen) atoms. The monoisotopic (exact) mass is 274 g/mol. The number of rotatable bonds is 6. The van der Waals surface area contributed by atoms with Crippen LogP contribution >= 0.6 is 0 Å². The van der Waals surface area contributed by atoms with Crippen molar-refractivity contribution in [2.75, 3.05) is 31.8 Å². The minimum absolute atomic E-state index is 0.0600. The van der Waals surface area contributed by atoms with Crippen molar-refractivity contribution in [3.63, 3.8) is 0 Å². The molecule has 1 aromatic heterocycles. The van der Waals surface area contributed by atoms with Gasteiger partial charge in [-0.05, 0) is 6.42 Å². The SMILES string of the molecule is COCCNCc1cn(C2CCS(=O)(=O)C2)nn1. The van der Waals surface area contributed by atoms with Crippen LogP contribution in [0.5, 0.6) is 0 Å². The van der Waals surface area contributed by atoms with E-state index in [1.54, 1.807) is 11.8 Å². The van der Waals surface area contributed by atoms with Crippen molar-refractivity contribution in [1.82, 2.24) is 20.3 Å². The molecule has 0 bridgehead atoms. The molecule has 0 aliphatic carbocycles. The summed E-state index contributed by atoms with van der Waals surface area (Å²) in [6, 6.07) is -0.0600. The number of hydrogen-bond donors (Lipinski definition) is 1. The Morgan fingerprint density at radius 3 is 3.11 bits per heavy atom. The fraction of sp³-hybridized carbons (Fsp3) is 0.800. The van der Waals surface area contributed by atoms with E-state index in [0.717, 1.165) is 12.2 Å². The van der Waals surface area contributed by atoms with Gasteiger partial charge in [0.05, 0.1) is 36.0 Å². The van der Waals surface area contributed by atoms with Crippen LogP contribution in [-0.2, 0) is 21.1 Å². The number of ether oxygens (including phenoxy) is 1. The fourth-order valence-electron chi connectivity index (χ4n) is 1.95. The third-order valence-electron chi connectivity index (χ3n) is 2.93. The number of hydrogen-bond acceptors (Lipinski definition) is 6. The van der Waals surface area contributed by atoms with E-state index in [-0.39, 0.29) is 17.5 Å². The summed E-state index contributed by atoms with van der Waals surface area (Å²) in [6.45, 7) is 2.01. The average molecular weight is 274 g/mol. The predicted molar refractivity (Wildman–Crippen MR) is 65.9 cm³/mol.